The Bertz CT molecular complexity index is 2480. The average molecular weight is 687 g/mol. The van der Waals surface area contributed by atoms with Gasteiger partial charge in [-0.25, -0.2) is 0 Å². The van der Waals surface area contributed by atoms with Gasteiger partial charge in [0.25, 0.3) is 0 Å². The zero-order chi connectivity index (χ0) is 34.9. The van der Waals surface area contributed by atoms with Gasteiger partial charge in [0.15, 0.2) is 0 Å². The van der Waals surface area contributed by atoms with E-state index >= 15 is 0 Å². The molecule has 6 heteroatoms. The Labute approximate surface area is 304 Å². The highest BCUT2D eigenvalue weighted by molar-refractivity contribution is 6.52. The summed E-state index contributed by atoms with van der Waals surface area (Å²) in [7, 11) is 0. The molecule has 2 saturated carbocycles. The molecule has 2 fully saturated rings. The van der Waals surface area contributed by atoms with Crippen LogP contribution < -0.4 is 26.5 Å². The van der Waals surface area contributed by atoms with Gasteiger partial charge in [0, 0.05) is 44.8 Å². The van der Waals surface area contributed by atoms with Crippen LogP contribution in [0, 0.1) is 35.5 Å². The Morgan fingerprint density at radius 1 is 0.692 bits per heavy atom. The molecule has 7 aliphatic rings. The molecule has 2 spiro atoms. The summed E-state index contributed by atoms with van der Waals surface area (Å²) in [6, 6.07) is 21.1. The highest BCUT2D eigenvalue weighted by Crippen LogP contribution is 2.54. The maximum atomic E-state index is 14.7. The largest absolute Gasteiger partial charge is 0.506 e. The van der Waals surface area contributed by atoms with Gasteiger partial charge in [0.1, 0.15) is 17.1 Å². The Hall–Kier alpha value is -4.84. The van der Waals surface area contributed by atoms with Gasteiger partial charge >= 0.3 is 0 Å². The van der Waals surface area contributed by atoms with E-state index in [0.717, 1.165) is 93.3 Å². The topological polar surface area (TPSA) is 85.8 Å². The number of rotatable bonds is 1. The van der Waals surface area contributed by atoms with Crippen molar-refractivity contribution in [2.75, 3.05) is 16.0 Å². The lowest BCUT2D eigenvalue weighted by Crippen LogP contribution is -2.60. The minimum atomic E-state index is -0.451. The number of nitrogens with zero attached hydrogens (tertiary/aromatic N) is 1. The molecule has 6 nitrogen and oxygen atoms in total. The number of hydrogen-bond acceptors (Lipinski definition) is 6. The summed E-state index contributed by atoms with van der Waals surface area (Å²) in [4.78, 5) is 20.4. The number of benzene rings is 4. The normalized spacial score (nSPS) is 35.0. The van der Waals surface area contributed by atoms with E-state index in [1.54, 1.807) is 0 Å². The van der Waals surface area contributed by atoms with Crippen LogP contribution >= 0.6 is 0 Å². The lowest BCUT2D eigenvalue weighted by atomic mass is 9.63. The number of fused-ring (bicyclic) bond motifs is 4. The van der Waals surface area contributed by atoms with Crippen molar-refractivity contribution in [3.8, 4) is 0 Å². The number of Topliss-reactive ketones (excluding diaryl/α,β-unsaturated/α-hetero) is 1. The number of carbonyl (C=O) groups is 1. The first-order valence-corrected chi connectivity index (χ1v) is 19.7. The predicted octanol–water partition coefficient (Wildman–Crippen LogP) is 9.00. The summed E-state index contributed by atoms with van der Waals surface area (Å²) < 4.78 is 0. The van der Waals surface area contributed by atoms with Crippen LogP contribution in [0.15, 0.2) is 95.7 Å². The van der Waals surface area contributed by atoms with Crippen molar-refractivity contribution in [2.24, 2.45) is 40.5 Å². The fourth-order valence-corrected chi connectivity index (χ4v) is 12.1. The van der Waals surface area contributed by atoms with Gasteiger partial charge in [0.05, 0.1) is 22.2 Å². The van der Waals surface area contributed by atoms with Crippen molar-refractivity contribution < 1.29 is 9.90 Å². The van der Waals surface area contributed by atoms with Crippen LogP contribution in [-0.4, -0.2) is 22.2 Å². The zero-order valence-corrected chi connectivity index (χ0v) is 30.0. The van der Waals surface area contributed by atoms with Crippen molar-refractivity contribution in [3.63, 3.8) is 0 Å². The van der Waals surface area contributed by atoms with Crippen molar-refractivity contribution in [3.05, 3.63) is 107 Å². The molecule has 0 saturated heterocycles. The third-order valence-corrected chi connectivity index (χ3v) is 14.0. The lowest BCUT2D eigenvalue weighted by molar-refractivity contribution is -0.109. The number of carbonyl (C=O) groups excluding carboxylic acids is 1. The van der Waals surface area contributed by atoms with E-state index in [-0.39, 0.29) is 17.2 Å². The molecule has 262 valence electrons. The van der Waals surface area contributed by atoms with E-state index in [1.165, 1.54) is 12.8 Å². The molecule has 2 aliphatic heterocycles. The molecule has 52 heavy (non-hydrogen) atoms. The van der Waals surface area contributed by atoms with E-state index < -0.39 is 5.66 Å². The Morgan fingerprint density at radius 2 is 1.35 bits per heavy atom. The number of aliphatic hydroxyl groups excluding tert-OH is 1. The molecule has 4 aromatic carbocycles. The third kappa shape index (κ3) is 4.18. The molecule has 4 aromatic rings. The molecule has 2 heterocycles. The number of anilines is 3. The highest BCUT2D eigenvalue weighted by atomic mass is 16.3. The van der Waals surface area contributed by atoms with E-state index in [2.05, 4.69) is 103 Å². The van der Waals surface area contributed by atoms with E-state index in [1.807, 2.05) is 12.1 Å². The number of nitrogens with one attached hydrogen (secondary N) is 3. The monoisotopic (exact) mass is 686 g/mol. The molecular formula is C46H46N4O2. The summed E-state index contributed by atoms with van der Waals surface area (Å²) >= 11 is 0. The van der Waals surface area contributed by atoms with Crippen LogP contribution in [0.1, 0.15) is 70.8 Å². The van der Waals surface area contributed by atoms with Gasteiger partial charge in [-0.1, -0.05) is 86.7 Å². The molecule has 8 atom stereocenters. The second-order valence-electron chi connectivity index (χ2n) is 17.3. The maximum absolute atomic E-state index is 14.7. The fraction of sp³-hybridized carbons (Fsp3) is 0.391. The van der Waals surface area contributed by atoms with Gasteiger partial charge in [-0.15, -0.1) is 0 Å². The van der Waals surface area contributed by atoms with Crippen molar-refractivity contribution in [1.29, 1.82) is 0 Å². The SMILES string of the molecule is CC1CC2CC=CCC2C2(C1)N=c1/c(=C3/C(=O)C(c4ccc5cccc6c5c4NC4(CC(C)CC5CC=CCC54)N6)=C3O)ccc3cccc(c13)N2. The molecule has 5 aliphatic carbocycles. The minimum Gasteiger partial charge on any atom is -0.506 e. The molecule has 0 amide bonds. The lowest BCUT2D eigenvalue weighted by Gasteiger charge is -2.54. The molecular weight excluding hydrogens is 641 g/mol. The van der Waals surface area contributed by atoms with Gasteiger partial charge in [-0.2, -0.15) is 0 Å². The summed E-state index contributed by atoms with van der Waals surface area (Å²) in [5.74, 6) is 3.03. The van der Waals surface area contributed by atoms with E-state index in [9.17, 15) is 9.90 Å². The maximum Gasteiger partial charge on any atom is 0.201 e. The van der Waals surface area contributed by atoms with Crippen LogP contribution in [-0.2, 0) is 4.79 Å². The van der Waals surface area contributed by atoms with E-state index in [4.69, 9.17) is 4.99 Å². The van der Waals surface area contributed by atoms with Crippen LogP contribution in [0.25, 0.3) is 32.7 Å². The fourth-order valence-electron chi connectivity index (χ4n) is 12.1. The van der Waals surface area contributed by atoms with Crippen LogP contribution in [0.4, 0.5) is 17.1 Å². The van der Waals surface area contributed by atoms with Gasteiger partial charge in [-0.3, -0.25) is 9.79 Å². The molecule has 4 N–H and O–H groups in total. The van der Waals surface area contributed by atoms with E-state index in [0.29, 0.717) is 46.7 Å². The first-order valence-electron chi connectivity index (χ1n) is 19.7. The van der Waals surface area contributed by atoms with Crippen LogP contribution in [0.3, 0.4) is 0 Å². The second kappa shape index (κ2) is 10.8. The third-order valence-electron chi connectivity index (χ3n) is 14.0. The summed E-state index contributed by atoms with van der Waals surface area (Å²) in [6.07, 6.45) is 18.0. The highest BCUT2D eigenvalue weighted by Gasteiger charge is 2.52. The van der Waals surface area contributed by atoms with Crippen molar-refractivity contribution in [2.45, 2.75) is 76.5 Å². The Kier molecular flexibility index (Phi) is 6.42. The smallest absolute Gasteiger partial charge is 0.201 e. The number of hydrogen-bond donors (Lipinski definition) is 4. The summed E-state index contributed by atoms with van der Waals surface area (Å²) in [6.45, 7) is 4.73. The summed E-state index contributed by atoms with van der Waals surface area (Å²) in [5.41, 5.74) is 3.95. The summed E-state index contributed by atoms with van der Waals surface area (Å²) in [5, 5.41) is 30.2. The predicted molar refractivity (Wildman–Crippen MR) is 210 cm³/mol. The second-order valence-corrected chi connectivity index (χ2v) is 17.3. The minimum absolute atomic E-state index is 0.0781. The molecule has 0 radical (unpaired) electrons. The van der Waals surface area contributed by atoms with Crippen molar-refractivity contribution in [1.82, 2.24) is 0 Å². The molecule has 8 unspecified atom stereocenters. The van der Waals surface area contributed by atoms with Gasteiger partial charge < -0.3 is 21.1 Å². The number of ketones is 1. The van der Waals surface area contributed by atoms with Gasteiger partial charge in [-0.05, 0) is 97.9 Å². The van der Waals surface area contributed by atoms with Gasteiger partial charge in [0.2, 0.25) is 5.78 Å². The Balaban J connectivity index is 1.11. The van der Waals surface area contributed by atoms with Crippen molar-refractivity contribution >= 4 is 55.5 Å². The number of aliphatic hydroxyl groups is 1. The molecule has 0 aromatic heterocycles. The number of allylic oxidation sites excluding steroid dienone is 6. The first kappa shape index (κ1) is 30.8. The quantitative estimate of drug-likeness (QED) is 0.150. The van der Waals surface area contributed by atoms with Crippen LogP contribution in [0.5, 0.6) is 0 Å². The molecule has 0 bridgehead atoms. The average Bonchev–Trinajstić information content (AvgIpc) is 3.14. The zero-order valence-electron chi connectivity index (χ0n) is 30.0. The molecule has 11 rings (SSSR count). The Morgan fingerprint density at radius 3 is 2.12 bits per heavy atom. The standard InChI is InChI=1S/C46H46N4O2/c1-25-21-29-9-3-5-13-33(29)45(23-25)47-35-15-7-11-27-17-19-31(41(49-45)37(27)35)39-43(51)40(44(39)52)32-20-18-28-12-8-16-36-38(28)42(32)50-46(48-36)24-26(2)22-30-10-4-6-14-34(30)46/h3-8,11-12,15-20,25-26,29-30,33-34,47-49,51H,9-10,13-14,21-24H2,1-2H3/b40-32+. The first-order chi connectivity index (χ1) is 25.3. The van der Waals surface area contributed by atoms with Crippen LogP contribution in [0.2, 0.25) is 0 Å².